The summed E-state index contributed by atoms with van der Waals surface area (Å²) in [5, 5.41) is 13.4. The highest BCUT2D eigenvalue weighted by Crippen LogP contribution is 2.24. The minimum Gasteiger partial charge on any atom is -0.352 e. The summed E-state index contributed by atoms with van der Waals surface area (Å²) in [6.07, 6.45) is 4.15. The van der Waals surface area contributed by atoms with E-state index in [1.54, 1.807) is 0 Å². The Balaban J connectivity index is 1.34. The summed E-state index contributed by atoms with van der Waals surface area (Å²) in [5.41, 5.74) is 0.747. The maximum Gasteiger partial charge on any atom is 0.178 e. The quantitative estimate of drug-likeness (QED) is 0.802. The number of piperidine rings is 1. The third kappa shape index (κ3) is 3.94. The summed E-state index contributed by atoms with van der Waals surface area (Å²) in [7, 11) is 2.26. The second-order valence-corrected chi connectivity index (χ2v) is 9.18. The SMILES string of the molecule is CN(CCN1CCCCC1)C1CN(c2ccc3nnc(C(C)(C)C)n3n2)C1. The van der Waals surface area contributed by atoms with Crippen molar-refractivity contribution >= 4 is 11.5 Å². The van der Waals surface area contributed by atoms with Gasteiger partial charge in [0.05, 0.1) is 0 Å². The summed E-state index contributed by atoms with van der Waals surface area (Å²) in [5.74, 6) is 1.93. The van der Waals surface area contributed by atoms with Gasteiger partial charge in [-0.1, -0.05) is 27.2 Å². The average Bonchev–Trinajstić information content (AvgIpc) is 3.03. The van der Waals surface area contributed by atoms with E-state index < -0.39 is 0 Å². The van der Waals surface area contributed by atoms with Gasteiger partial charge in [-0.2, -0.15) is 4.52 Å². The molecule has 0 unspecified atom stereocenters. The molecule has 148 valence electrons. The van der Waals surface area contributed by atoms with Gasteiger partial charge in [0.2, 0.25) is 0 Å². The molecule has 2 aromatic rings. The number of likely N-dealkylation sites (N-methyl/N-ethyl adjacent to an activating group) is 1. The smallest absolute Gasteiger partial charge is 0.178 e. The maximum absolute atomic E-state index is 4.83. The van der Waals surface area contributed by atoms with Crippen molar-refractivity contribution in [3.8, 4) is 0 Å². The van der Waals surface area contributed by atoms with Crippen LogP contribution in [0, 0.1) is 0 Å². The van der Waals surface area contributed by atoms with Crippen LogP contribution in [0.5, 0.6) is 0 Å². The maximum atomic E-state index is 4.83. The zero-order chi connectivity index (χ0) is 19.0. The molecule has 2 aliphatic rings. The van der Waals surface area contributed by atoms with Gasteiger partial charge in [-0.3, -0.25) is 4.90 Å². The lowest BCUT2D eigenvalue weighted by molar-refractivity contribution is 0.155. The first-order valence-electron chi connectivity index (χ1n) is 10.3. The zero-order valence-corrected chi connectivity index (χ0v) is 17.2. The first-order chi connectivity index (χ1) is 12.9. The Morgan fingerprint density at radius 1 is 1.07 bits per heavy atom. The van der Waals surface area contributed by atoms with E-state index in [1.807, 2.05) is 10.6 Å². The molecule has 2 saturated heterocycles. The van der Waals surface area contributed by atoms with Gasteiger partial charge in [-0.05, 0) is 45.1 Å². The first-order valence-corrected chi connectivity index (χ1v) is 10.3. The van der Waals surface area contributed by atoms with E-state index in [4.69, 9.17) is 5.10 Å². The van der Waals surface area contributed by atoms with E-state index in [2.05, 4.69) is 58.8 Å². The molecule has 0 aromatic carbocycles. The van der Waals surface area contributed by atoms with Crippen LogP contribution in [-0.4, -0.2) is 82.0 Å². The number of rotatable bonds is 5. The molecular weight excluding hydrogens is 338 g/mol. The number of hydrogen-bond donors (Lipinski definition) is 0. The summed E-state index contributed by atoms with van der Waals surface area (Å²) in [4.78, 5) is 7.49. The van der Waals surface area contributed by atoms with Crippen LogP contribution in [0.15, 0.2) is 12.1 Å². The number of nitrogens with zero attached hydrogens (tertiary/aromatic N) is 7. The van der Waals surface area contributed by atoms with E-state index in [1.165, 1.54) is 38.9 Å². The molecule has 0 N–H and O–H groups in total. The average molecular weight is 372 g/mol. The number of aromatic nitrogens is 4. The fourth-order valence-electron chi connectivity index (χ4n) is 4.00. The van der Waals surface area contributed by atoms with E-state index in [9.17, 15) is 0 Å². The Kier molecular flexibility index (Phi) is 5.07. The van der Waals surface area contributed by atoms with Gasteiger partial charge in [0.1, 0.15) is 5.82 Å². The molecule has 4 heterocycles. The van der Waals surface area contributed by atoms with E-state index in [0.717, 1.165) is 36.9 Å². The molecule has 4 rings (SSSR count). The second kappa shape index (κ2) is 7.36. The van der Waals surface area contributed by atoms with Crippen molar-refractivity contribution in [3.63, 3.8) is 0 Å². The van der Waals surface area contributed by atoms with E-state index in [-0.39, 0.29) is 5.41 Å². The molecule has 2 fully saturated rings. The number of anilines is 1. The van der Waals surface area contributed by atoms with Crippen molar-refractivity contribution in [1.29, 1.82) is 0 Å². The van der Waals surface area contributed by atoms with Crippen molar-refractivity contribution in [1.82, 2.24) is 29.6 Å². The number of hydrogen-bond acceptors (Lipinski definition) is 6. The molecule has 0 atom stereocenters. The van der Waals surface area contributed by atoms with Gasteiger partial charge < -0.3 is 9.80 Å². The Morgan fingerprint density at radius 2 is 1.81 bits per heavy atom. The monoisotopic (exact) mass is 371 g/mol. The van der Waals surface area contributed by atoms with Gasteiger partial charge in [0.15, 0.2) is 11.5 Å². The third-order valence-corrected chi connectivity index (χ3v) is 5.95. The number of fused-ring (bicyclic) bond motifs is 1. The highest BCUT2D eigenvalue weighted by molar-refractivity contribution is 5.48. The molecule has 27 heavy (non-hydrogen) atoms. The van der Waals surface area contributed by atoms with E-state index in [0.29, 0.717) is 6.04 Å². The van der Waals surface area contributed by atoms with Crippen molar-refractivity contribution in [2.24, 2.45) is 0 Å². The van der Waals surface area contributed by atoms with Crippen LogP contribution in [0.3, 0.4) is 0 Å². The second-order valence-electron chi connectivity index (χ2n) is 9.18. The van der Waals surface area contributed by atoms with Crippen LogP contribution >= 0.6 is 0 Å². The lowest BCUT2D eigenvalue weighted by Gasteiger charge is -2.45. The Labute approximate surface area is 162 Å². The molecule has 0 saturated carbocycles. The van der Waals surface area contributed by atoms with Crippen molar-refractivity contribution in [2.75, 3.05) is 51.2 Å². The molecule has 7 heteroatoms. The molecule has 0 radical (unpaired) electrons. The number of likely N-dealkylation sites (tertiary alicyclic amines) is 1. The Bertz CT molecular complexity index is 766. The molecular formula is C20H33N7. The van der Waals surface area contributed by atoms with Crippen LogP contribution in [0.4, 0.5) is 5.82 Å². The van der Waals surface area contributed by atoms with Gasteiger partial charge in [0, 0.05) is 37.6 Å². The standard InChI is InChI=1S/C20H33N7/c1-20(2,3)19-22-21-17-8-9-18(23-27(17)19)26-14-16(15-26)24(4)12-13-25-10-6-5-7-11-25/h8-9,16H,5-7,10-15H2,1-4H3. The van der Waals surface area contributed by atoms with Gasteiger partial charge >= 0.3 is 0 Å². The highest BCUT2D eigenvalue weighted by atomic mass is 15.4. The summed E-state index contributed by atoms with van der Waals surface area (Å²) < 4.78 is 1.91. The lowest BCUT2D eigenvalue weighted by Crippen LogP contribution is -2.59. The van der Waals surface area contributed by atoms with Gasteiger partial charge in [0.25, 0.3) is 0 Å². The first kappa shape index (κ1) is 18.6. The largest absolute Gasteiger partial charge is 0.352 e. The molecule has 7 nitrogen and oxygen atoms in total. The summed E-state index contributed by atoms with van der Waals surface area (Å²) in [6, 6.07) is 4.72. The topological polar surface area (TPSA) is 52.8 Å². The van der Waals surface area contributed by atoms with E-state index >= 15 is 0 Å². The minimum atomic E-state index is -0.0722. The summed E-state index contributed by atoms with van der Waals surface area (Å²) >= 11 is 0. The fraction of sp³-hybridized carbons (Fsp3) is 0.750. The Morgan fingerprint density at radius 3 is 2.52 bits per heavy atom. The van der Waals surface area contributed by atoms with Gasteiger partial charge in [-0.15, -0.1) is 15.3 Å². The minimum absolute atomic E-state index is 0.0722. The molecule has 0 spiro atoms. The predicted octanol–water partition coefficient (Wildman–Crippen LogP) is 2.03. The summed E-state index contributed by atoms with van der Waals surface area (Å²) in [6.45, 7) is 13.5. The highest BCUT2D eigenvalue weighted by Gasteiger charge is 2.32. The molecule has 0 amide bonds. The van der Waals surface area contributed by atoms with Gasteiger partial charge in [-0.25, -0.2) is 0 Å². The van der Waals surface area contributed by atoms with Crippen molar-refractivity contribution in [3.05, 3.63) is 18.0 Å². The fourth-order valence-corrected chi connectivity index (χ4v) is 4.00. The molecule has 0 bridgehead atoms. The van der Waals surface area contributed by atoms with Crippen LogP contribution in [0.2, 0.25) is 0 Å². The van der Waals surface area contributed by atoms with Crippen LogP contribution in [-0.2, 0) is 5.41 Å². The molecule has 0 aliphatic carbocycles. The molecule has 2 aliphatic heterocycles. The zero-order valence-electron chi connectivity index (χ0n) is 17.2. The van der Waals surface area contributed by atoms with Crippen LogP contribution in [0.25, 0.3) is 5.65 Å². The predicted molar refractivity (Wildman–Crippen MR) is 108 cm³/mol. The van der Waals surface area contributed by atoms with Crippen LogP contribution < -0.4 is 4.90 Å². The van der Waals surface area contributed by atoms with Crippen LogP contribution in [0.1, 0.15) is 45.9 Å². The molecule has 2 aromatic heterocycles. The van der Waals surface area contributed by atoms with Crippen molar-refractivity contribution < 1.29 is 0 Å². The lowest BCUT2D eigenvalue weighted by atomic mass is 9.96. The van der Waals surface area contributed by atoms with Crippen molar-refractivity contribution in [2.45, 2.75) is 51.5 Å². The third-order valence-electron chi connectivity index (χ3n) is 5.95. The Hall–Kier alpha value is -1.73. The normalized spacial score (nSPS) is 19.8.